The number of methoxy groups -OCH3 is 1. The van der Waals surface area contributed by atoms with Gasteiger partial charge in [0, 0.05) is 24.9 Å². The van der Waals surface area contributed by atoms with Gasteiger partial charge in [0.15, 0.2) is 0 Å². The number of nitrogens with one attached hydrogen (secondary N) is 2. The molecule has 0 radical (unpaired) electrons. The van der Waals surface area contributed by atoms with Crippen molar-refractivity contribution in [2.45, 2.75) is 64.0 Å². The van der Waals surface area contributed by atoms with E-state index in [0.29, 0.717) is 25.3 Å². The van der Waals surface area contributed by atoms with Gasteiger partial charge in [0.2, 0.25) is 17.7 Å². The van der Waals surface area contributed by atoms with Crippen LogP contribution in [0.15, 0.2) is 30.3 Å². The van der Waals surface area contributed by atoms with Gasteiger partial charge in [-0.15, -0.1) is 0 Å². The Kier molecular flexibility index (Phi) is 8.00. The number of aromatic nitrogens is 1. The van der Waals surface area contributed by atoms with Crippen molar-refractivity contribution in [1.29, 1.82) is 0 Å². The van der Waals surface area contributed by atoms with Crippen LogP contribution in [0.1, 0.15) is 55.8 Å². The van der Waals surface area contributed by atoms with E-state index in [0.717, 1.165) is 48.2 Å². The van der Waals surface area contributed by atoms with Gasteiger partial charge in [0.25, 0.3) is 0 Å². The first kappa shape index (κ1) is 25.1. The number of rotatable bonds is 8. The molecule has 1 aromatic carbocycles. The number of amides is 2. The van der Waals surface area contributed by atoms with Gasteiger partial charge < -0.3 is 20.3 Å². The number of halogens is 1. The summed E-state index contributed by atoms with van der Waals surface area (Å²) >= 11 is 0. The zero-order valence-electron chi connectivity index (χ0n) is 20.8. The molecular formula is C27H35FN4O3. The lowest BCUT2D eigenvalue weighted by Gasteiger charge is -2.33. The number of ether oxygens (including phenoxy) is 1. The molecule has 188 valence electrons. The monoisotopic (exact) mass is 482 g/mol. The molecule has 2 heterocycles. The van der Waals surface area contributed by atoms with Crippen LogP contribution in [-0.4, -0.2) is 49.6 Å². The smallest absolute Gasteiger partial charge is 0.249 e. The van der Waals surface area contributed by atoms with E-state index in [4.69, 9.17) is 9.72 Å². The van der Waals surface area contributed by atoms with E-state index in [1.54, 1.807) is 38.1 Å². The second kappa shape index (κ2) is 11.2. The number of likely N-dealkylation sites (N-methyl/N-ethyl adjacent to an activating group) is 1. The van der Waals surface area contributed by atoms with Crippen LogP contribution >= 0.6 is 0 Å². The van der Waals surface area contributed by atoms with Gasteiger partial charge >= 0.3 is 0 Å². The van der Waals surface area contributed by atoms with E-state index in [1.165, 1.54) is 18.6 Å². The second-order valence-corrected chi connectivity index (χ2v) is 9.56. The number of nitrogens with zero attached hydrogens (tertiary/aromatic N) is 2. The molecule has 35 heavy (non-hydrogen) atoms. The van der Waals surface area contributed by atoms with Crippen molar-refractivity contribution in [3.63, 3.8) is 0 Å². The van der Waals surface area contributed by atoms with Crippen molar-refractivity contribution >= 4 is 17.5 Å². The third-order valence-corrected chi connectivity index (χ3v) is 7.26. The molecule has 1 fully saturated rings. The molecule has 0 unspecified atom stereocenters. The van der Waals surface area contributed by atoms with E-state index >= 15 is 0 Å². The van der Waals surface area contributed by atoms with Crippen LogP contribution < -0.4 is 20.3 Å². The predicted molar refractivity (Wildman–Crippen MR) is 133 cm³/mol. The topological polar surface area (TPSA) is 83.6 Å². The average Bonchev–Trinajstić information content (AvgIpc) is 3.30. The van der Waals surface area contributed by atoms with Crippen molar-refractivity contribution in [2.75, 3.05) is 25.6 Å². The summed E-state index contributed by atoms with van der Waals surface area (Å²) in [7, 11) is 3.32. The third-order valence-electron chi connectivity index (χ3n) is 7.26. The van der Waals surface area contributed by atoms with E-state index in [9.17, 15) is 14.0 Å². The SMILES string of the molecule is CN[C@@H](C)C(=O)N[C@H](C(=O)N1CCc2nc(OC)c(Cc3ccc(F)cc3)cc21)C1CCCCC1. The molecule has 2 aliphatic rings. The predicted octanol–water partition coefficient (Wildman–Crippen LogP) is 3.38. The molecule has 4 rings (SSSR count). The molecule has 0 bridgehead atoms. The van der Waals surface area contributed by atoms with Crippen molar-refractivity contribution < 1.29 is 18.7 Å². The van der Waals surface area contributed by atoms with Crippen LogP contribution in [0.25, 0.3) is 0 Å². The van der Waals surface area contributed by atoms with E-state index < -0.39 is 6.04 Å². The highest BCUT2D eigenvalue weighted by Crippen LogP contribution is 2.35. The molecular weight excluding hydrogens is 447 g/mol. The number of benzene rings is 1. The van der Waals surface area contributed by atoms with Crippen molar-refractivity contribution in [3.8, 4) is 5.88 Å². The maximum Gasteiger partial charge on any atom is 0.249 e. The molecule has 8 heteroatoms. The molecule has 2 aromatic rings. The Morgan fingerprint density at radius 2 is 1.91 bits per heavy atom. The summed E-state index contributed by atoms with van der Waals surface area (Å²) in [5.41, 5.74) is 3.34. The lowest BCUT2D eigenvalue weighted by atomic mass is 9.83. The number of anilines is 1. The molecule has 2 amide bonds. The van der Waals surface area contributed by atoms with Crippen LogP contribution in [0.2, 0.25) is 0 Å². The summed E-state index contributed by atoms with van der Waals surface area (Å²) in [6.07, 6.45) is 6.32. The number of hydrogen-bond donors (Lipinski definition) is 2. The van der Waals surface area contributed by atoms with Gasteiger partial charge in [-0.1, -0.05) is 31.4 Å². The maximum atomic E-state index is 13.9. The van der Waals surface area contributed by atoms with Gasteiger partial charge in [-0.25, -0.2) is 9.37 Å². The molecule has 1 aliphatic carbocycles. The van der Waals surface area contributed by atoms with Gasteiger partial charge in [-0.05, 0) is 56.5 Å². The molecule has 7 nitrogen and oxygen atoms in total. The number of carbonyl (C=O) groups excluding carboxylic acids is 2. The number of fused-ring (bicyclic) bond motifs is 1. The van der Waals surface area contributed by atoms with E-state index in [2.05, 4.69) is 10.6 Å². The van der Waals surface area contributed by atoms with Crippen molar-refractivity contribution in [3.05, 3.63) is 53.0 Å². The normalized spacial score (nSPS) is 17.5. The summed E-state index contributed by atoms with van der Waals surface area (Å²) in [5.74, 6) is 0.112. The quantitative estimate of drug-likeness (QED) is 0.603. The third kappa shape index (κ3) is 5.64. The standard InChI is InChI=1S/C27H35FN4O3/c1-17(29-2)25(33)31-24(19-7-5-4-6-8-19)27(34)32-14-13-22-23(32)16-20(26(30-22)35-3)15-18-9-11-21(28)12-10-18/h9-12,16-17,19,24,29H,4-8,13-15H2,1-3H3,(H,31,33)/t17-,24-/m0/s1. The van der Waals surface area contributed by atoms with Crippen molar-refractivity contribution in [2.24, 2.45) is 5.92 Å². The minimum absolute atomic E-state index is 0.0768. The first-order valence-electron chi connectivity index (χ1n) is 12.5. The summed E-state index contributed by atoms with van der Waals surface area (Å²) in [6.45, 7) is 2.31. The van der Waals surface area contributed by atoms with Crippen molar-refractivity contribution in [1.82, 2.24) is 15.6 Å². The Balaban J connectivity index is 1.62. The summed E-state index contributed by atoms with van der Waals surface area (Å²) in [6, 6.07) is 7.36. The molecule has 1 aromatic heterocycles. The van der Waals surface area contributed by atoms with Gasteiger partial charge in [-0.3, -0.25) is 9.59 Å². The summed E-state index contributed by atoms with van der Waals surface area (Å²) in [5, 5.41) is 6.01. The molecule has 0 spiro atoms. The molecule has 2 N–H and O–H groups in total. The first-order valence-corrected chi connectivity index (χ1v) is 12.5. The molecule has 1 aliphatic heterocycles. The number of pyridine rings is 1. The lowest BCUT2D eigenvalue weighted by Crippen LogP contribution is -2.55. The molecule has 1 saturated carbocycles. The van der Waals surface area contributed by atoms with Crippen LogP contribution in [0, 0.1) is 11.7 Å². The number of hydrogen-bond acceptors (Lipinski definition) is 5. The van der Waals surface area contributed by atoms with Gasteiger partial charge in [-0.2, -0.15) is 0 Å². The Morgan fingerprint density at radius 3 is 2.57 bits per heavy atom. The summed E-state index contributed by atoms with van der Waals surface area (Å²) in [4.78, 5) is 33.1. The van der Waals surface area contributed by atoms with E-state index in [1.807, 2.05) is 6.07 Å². The minimum atomic E-state index is -0.563. The Labute approximate surface area is 206 Å². The van der Waals surface area contributed by atoms with Crippen LogP contribution in [0.3, 0.4) is 0 Å². The highest BCUT2D eigenvalue weighted by molar-refractivity contribution is 6.01. The zero-order valence-corrected chi connectivity index (χ0v) is 20.8. The molecule has 0 saturated heterocycles. The largest absolute Gasteiger partial charge is 0.481 e. The van der Waals surface area contributed by atoms with Crippen LogP contribution in [0.4, 0.5) is 10.1 Å². The van der Waals surface area contributed by atoms with Gasteiger partial charge in [0.05, 0.1) is 24.5 Å². The minimum Gasteiger partial charge on any atom is -0.481 e. The Hall–Kier alpha value is -3.00. The average molecular weight is 483 g/mol. The van der Waals surface area contributed by atoms with Crippen LogP contribution in [0.5, 0.6) is 5.88 Å². The maximum absolute atomic E-state index is 13.9. The van der Waals surface area contributed by atoms with Crippen LogP contribution in [-0.2, 0) is 22.4 Å². The highest BCUT2D eigenvalue weighted by Gasteiger charge is 2.38. The molecule has 2 atom stereocenters. The number of carbonyl (C=O) groups is 2. The first-order chi connectivity index (χ1) is 16.9. The fraction of sp³-hybridized carbons (Fsp3) is 0.519. The Bertz CT molecular complexity index is 1050. The highest BCUT2D eigenvalue weighted by atomic mass is 19.1. The zero-order chi connectivity index (χ0) is 24.9. The van der Waals surface area contributed by atoms with Gasteiger partial charge in [0.1, 0.15) is 11.9 Å². The Morgan fingerprint density at radius 1 is 1.20 bits per heavy atom. The fourth-order valence-electron chi connectivity index (χ4n) is 5.10. The van der Waals surface area contributed by atoms with E-state index in [-0.39, 0.29) is 29.6 Å². The second-order valence-electron chi connectivity index (χ2n) is 9.56. The fourth-order valence-corrected chi connectivity index (χ4v) is 5.10. The summed E-state index contributed by atoms with van der Waals surface area (Å²) < 4.78 is 18.9. The lowest BCUT2D eigenvalue weighted by molar-refractivity contribution is -0.130.